The number of hydrogen-bond donors (Lipinski definition) is 2. The van der Waals surface area contributed by atoms with Crippen LogP contribution < -0.4 is 5.32 Å². The number of carbonyl (C=O) groups excluding carboxylic acids is 1. The van der Waals surface area contributed by atoms with Crippen LogP contribution in [-0.2, 0) is 4.79 Å². The Labute approximate surface area is 52.9 Å². The third kappa shape index (κ3) is 6.94. The summed E-state index contributed by atoms with van der Waals surface area (Å²) in [5.41, 5.74) is 0. The van der Waals surface area contributed by atoms with Gasteiger partial charge in [-0.3, -0.25) is 0 Å². The molecule has 0 saturated carbocycles. The van der Waals surface area contributed by atoms with Gasteiger partial charge in [0.25, 0.3) is 0 Å². The van der Waals surface area contributed by atoms with Gasteiger partial charge in [0.1, 0.15) is 6.29 Å². The molecule has 0 bridgehead atoms. The van der Waals surface area contributed by atoms with Crippen LogP contribution >= 0.6 is 0 Å². The Kier molecular flexibility index (Phi) is 4.49. The molecule has 0 aromatic rings. The zero-order chi connectivity index (χ0) is 7.11. The number of unbranched alkanes of at least 4 members (excludes halogenated alkanes) is 1. The van der Waals surface area contributed by atoms with Crippen LogP contribution in [0, 0.1) is 0 Å². The Morgan fingerprint density at radius 2 is 2.33 bits per heavy atom. The fourth-order valence-electron chi connectivity index (χ4n) is 0.381. The van der Waals surface area contributed by atoms with Crippen molar-refractivity contribution in [1.82, 2.24) is 5.32 Å². The van der Waals surface area contributed by atoms with Crippen LogP contribution in [0.15, 0.2) is 0 Å². The third-order valence-electron chi connectivity index (χ3n) is 0.775. The van der Waals surface area contributed by atoms with Crippen LogP contribution in [0.3, 0.4) is 0 Å². The molecule has 0 radical (unpaired) electrons. The molecular weight excluding hydrogens is 122 g/mol. The summed E-state index contributed by atoms with van der Waals surface area (Å²) < 4.78 is 0. The van der Waals surface area contributed by atoms with E-state index >= 15 is 0 Å². The Morgan fingerprint density at radius 1 is 1.67 bits per heavy atom. The van der Waals surface area contributed by atoms with E-state index < -0.39 is 6.09 Å². The normalized spacial score (nSPS) is 8.44. The van der Waals surface area contributed by atoms with Gasteiger partial charge in [0, 0.05) is 13.0 Å². The number of nitrogens with one attached hydrogen (secondary N) is 1. The molecule has 52 valence electrons. The van der Waals surface area contributed by atoms with Gasteiger partial charge in [-0.05, 0) is 6.42 Å². The van der Waals surface area contributed by atoms with E-state index in [-0.39, 0.29) is 0 Å². The number of amides is 1. The third-order valence-corrected chi connectivity index (χ3v) is 0.775. The highest BCUT2D eigenvalue weighted by molar-refractivity contribution is 5.64. The Balaban J connectivity index is 2.91. The molecule has 0 spiro atoms. The molecule has 0 aliphatic heterocycles. The van der Waals surface area contributed by atoms with Gasteiger partial charge < -0.3 is 15.2 Å². The summed E-state index contributed by atoms with van der Waals surface area (Å²) in [5, 5.41) is 10.2. The lowest BCUT2D eigenvalue weighted by Crippen LogP contribution is -2.21. The average molecular weight is 131 g/mol. The smallest absolute Gasteiger partial charge is 0.404 e. The lowest BCUT2D eigenvalue weighted by Gasteiger charge is -1.94. The molecule has 0 heterocycles. The highest BCUT2D eigenvalue weighted by atomic mass is 16.4. The summed E-state index contributed by atoms with van der Waals surface area (Å²) >= 11 is 0. The minimum atomic E-state index is -1.04. The van der Waals surface area contributed by atoms with E-state index in [0.717, 1.165) is 6.29 Å². The average Bonchev–Trinajstić information content (AvgIpc) is 1.80. The second-order valence-corrected chi connectivity index (χ2v) is 1.54. The number of carbonyl (C=O) groups is 2. The summed E-state index contributed by atoms with van der Waals surface area (Å²) in [6, 6.07) is 0. The molecule has 0 aromatic carbocycles. The number of hydrogen-bond acceptors (Lipinski definition) is 2. The van der Waals surface area contributed by atoms with E-state index in [4.69, 9.17) is 5.11 Å². The maximum absolute atomic E-state index is 9.76. The molecule has 1 amide bonds. The second kappa shape index (κ2) is 5.08. The predicted molar refractivity (Wildman–Crippen MR) is 31.3 cm³/mol. The van der Waals surface area contributed by atoms with E-state index in [1.54, 1.807) is 0 Å². The lowest BCUT2D eigenvalue weighted by molar-refractivity contribution is -0.107. The van der Waals surface area contributed by atoms with Gasteiger partial charge >= 0.3 is 6.09 Å². The molecule has 2 N–H and O–H groups in total. The van der Waals surface area contributed by atoms with Crippen molar-refractivity contribution in [2.24, 2.45) is 0 Å². The number of rotatable bonds is 4. The standard InChI is InChI=1S/C5H9NO3/c7-4-2-1-3-6-5(8)9/h4,6H,1-3H2,(H,8,9). The van der Waals surface area contributed by atoms with Gasteiger partial charge in [0.15, 0.2) is 0 Å². The SMILES string of the molecule is O=CCCCNC(=O)O. The fraction of sp³-hybridized carbons (Fsp3) is 0.600. The van der Waals surface area contributed by atoms with Crippen LogP contribution in [0.1, 0.15) is 12.8 Å². The first-order valence-electron chi connectivity index (χ1n) is 2.68. The summed E-state index contributed by atoms with van der Waals surface area (Å²) in [6.45, 7) is 0.355. The highest BCUT2D eigenvalue weighted by Gasteiger charge is 1.90. The van der Waals surface area contributed by atoms with E-state index in [1.165, 1.54) is 0 Å². The molecule has 0 aliphatic rings. The van der Waals surface area contributed by atoms with E-state index in [1.807, 2.05) is 0 Å². The van der Waals surface area contributed by atoms with Crippen molar-refractivity contribution in [3.05, 3.63) is 0 Å². The second-order valence-electron chi connectivity index (χ2n) is 1.54. The van der Waals surface area contributed by atoms with Gasteiger partial charge in [-0.2, -0.15) is 0 Å². The van der Waals surface area contributed by atoms with Crippen LogP contribution in [0.5, 0.6) is 0 Å². The molecule has 0 saturated heterocycles. The zero-order valence-electron chi connectivity index (χ0n) is 4.96. The molecule has 0 fully saturated rings. The Morgan fingerprint density at radius 3 is 2.78 bits per heavy atom. The summed E-state index contributed by atoms with van der Waals surface area (Å²) in [6.07, 6.45) is 0.723. The van der Waals surface area contributed by atoms with E-state index in [0.29, 0.717) is 19.4 Å². The first-order chi connectivity index (χ1) is 4.27. The topological polar surface area (TPSA) is 66.4 Å². The van der Waals surface area contributed by atoms with Gasteiger partial charge in [-0.25, -0.2) is 4.79 Å². The number of carboxylic acid groups (broad SMARTS) is 1. The van der Waals surface area contributed by atoms with Crippen LogP contribution in [0.2, 0.25) is 0 Å². The van der Waals surface area contributed by atoms with E-state index in [2.05, 4.69) is 5.32 Å². The predicted octanol–water partition coefficient (Wildman–Crippen LogP) is 0.233. The first-order valence-corrected chi connectivity index (χ1v) is 2.68. The Hall–Kier alpha value is -1.06. The van der Waals surface area contributed by atoms with Crippen LogP contribution in [-0.4, -0.2) is 24.0 Å². The van der Waals surface area contributed by atoms with Crippen molar-refractivity contribution in [3.8, 4) is 0 Å². The molecule has 9 heavy (non-hydrogen) atoms. The van der Waals surface area contributed by atoms with Gasteiger partial charge in [-0.15, -0.1) is 0 Å². The van der Waals surface area contributed by atoms with Crippen molar-refractivity contribution >= 4 is 12.4 Å². The van der Waals surface area contributed by atoms with Gasteiger partial charge in [-0.1, -0.05) is 0 Å². The molecule has 0 aliphatic carbocycles. The van der Waals surface area contributed by atoms with Crippen molar-refractivity contribution in [3.63, 3.8) is 0 Å². The van der Waals surface area contributed by atoms with E-state index in [9.17, 15) is 9.59 Å². The van der Waals surface area contributed by atoms with Gasteiger partial charge in [0.2, 0.25) is 0 Å². The summed E-state index contributed by atoms with van der Waals surface area (Å²) in [4.78, 5) is 19.4. The van der Waals surface area contributed by atoms with Crippen LogP contribution in [0.25, 0.3) is 0 Å². The highest BCUT2D eigenvalue weighted by Crippen LogP contribution is 1.79. The van der Waals surface area contributed by atoms with Crippen molar-refractivity contribution in [1.29, 1.82) is 0 Å². The molecule has 0 unspecified atom stereocenters. The minimum absolute atomic E-state index is 0.355. The van der Waals surface area contributed by atoms with Crippen molar-refractivity contribution in [2.45, 2.75) is 12.8 Å². The van der Waals surface area contributed by atoms with Crippen molar-refractivity contribution in [2.75, 3.05) is 6.54 Å². The minimum Gasteiger partial charge on any atom is -0.465 e. The largest absolute Gasteiger partial charge is 0.465 e. The Bertz CT molecular complexity index is 102. The quantitative estimate of drug-likeness (QED) is 0.424. The summed E-state index contributed by atoms with van der Waals surface area (Å²) in [7, 11) is 0. The monoisotopic (exact) mass is 131 g/mol. The maximum Gasteiger partial charge on any atom is 0.404 e. The lowest BCUT2D eigenvalue weighted by atomic mass is 10.3. The molecular formula is C5H9NO3. The molecule has 0 aromatic heterocycles. The molecule has 0 atom stereocenters. The number of aldehydes is 1. The fourth-order valence-corrected chi connectivity index (χ4v) is 0.381. The van der Waals surface area contributed by atoms with Gasteiger partial charge in [0.05, 0.1) is 0 Å². The molecule has 4 nitrogen and oxygen atoms in total. The molecule has 0 rings (SSSR count). The maximum atomic E-state index is 9.76. The zero-order valence-corrected chi connectivity index (χ0v) is 4.96. The van der Waals surface area contributed by atoms with Crippen molar-refractivity contribution < 1.29 is 14.7 Å². The first kappa shape index (κ1) is 7.94. The summed E-state index contributed by atoms with van der Waals surface area (Å²) in [5.74, 6) is 0. The van der Waals surface area contributed by atoms with Crippen LogP contribution in [0.4, 0.5) is 4.79 Å². The molecule has 4 heteroatoms.